The van der Waals surface area contributed by atoms with E-state index in [0.717, 1.165) is 36.4 Å². The third-order valence-corrected chi connectivity index (χ3v) is 9.89. The summed E-state index contributed by atoms with van der Waals surface area (Å²) in [5.74, 6) is -35.4. The van der Waals surface area contributed by atoms with Crippen LogP contribution in [0, 0.1) is 0 Å². The maximum atomic E-state index is 14.6. The zero-order valence-electron chi connectivity index (χ0n) is 24.6. The Bertz CT molecular complexity index is 1990. The molecule has 0 saturated carbocycles. The van der Waals surface area contributed by atoms with Crippen LogP contribution < -0.4 is 8.37 Å². The molecule has 0 fully saturated rings. The van der Waals surface area contributed by atoms with Crippen molar-refractivity contribution in [2.45, 2.75) is 46.6 Å². The fourth-order valence-corrected chi connectivity index (χ4v) is 6.17. The molecule has 3 aromatic carbocycles. The predicted molar refractivity (Wildman–Crippen MR) is 148 cm³/mol. The van der Waals surface area contributed by atoms with Gasteiger partial charge in [-0.2, -0.15) is 95.9 Å². The van der Waals surface area contributed by atoms with Gasteiger partial charge in [0.2, 0.25) is 0 Å². The van der Waals surface area contributed by atoms with Crippen LogP contribution in [0.25, 0.3) is 22.3 Å². The summed E-state index contributed by atoms with van der Waals surface area (Å²) in [5.41, 5.74) is -4.90. The third kappa shape index (κ3) is 7.05. The molecule has 0 heterocycles. The van der Waals surface area contributed by atoms with E-state index in [1.165, 1.54) is 0 Å². The van der Waals surface area contributed by atoms with Crippen LogP contribution in [-0.4, -0.2) is 63.4 Å². The highest BCUT2D eigenvalue weighted by Crippen LogP contribution is 2.57. The number of halogens is 20. The summed E-state index contributed by atoms with van der Waals surface area (Å²) in [6.07, 6.45) is -15.1. The molecule has 0 amide bonds. The van der Waals surface area contributed by atoms with Crippen molar-refractivity contribution in [1.29, 1.82) is 0 Å². The normalized spacial score (nSPS) is 14.6. The number of hydrogen-bond donors (Lipinski definition) is 0. The zero-order chi connectivity index (χ0) is 42.1. The van der Waals surface area contributed by atoms with Gasteiger partial charge < -0.3 is 8.37 Å². The summed E-state index contributed by atoms with van der Waals surface area (Å²) >= 11 is 11.8. The van der Waals surface area contributed by atoms with E-state index in [-0.39, 0.29) is 12.1 Å². The summed E-state index contributed by atoms with van der Waals surface area (Å²) in [4.78, 5) is 0. The number of alkyl halides is 18. The van der Waals surface area contributed by atoms with E-state index in [2.05, 4.69) is 8.37 Å². The minimum absolute atomic E-state index is 0.251. The molecule has 302 valence electrons. The van der Waals surface area contributed by atoms with Gasteiger partial charge in [0.1, 0.15) is 0 Å². The van der Waals surface area contributed by atoms with Crippen LogP contribution >= 0.6 is 23.2 Å². The molecule has 0 aliphatic heterocycles. The van der Waals surface area contributed by atoms with Crippen LogP contribution in [0.5, 0.6) is 11.5 Å². The van der Waals surface area contributed by atoms with Crippen molar-refractivity contribution in [1.82, 2.24) is 0 Å². The van der Waals surface area contributed by atoms with Gasteiger partial charge in [-0.05, 0) is 24.3 Å². The average Bonchev–Trinajstić information content (AvgIpc) is 3.00. The minimum atomic E-state index is -7.90. The Labute approximate surface area is 298 Å². The second kappa shape index (κ2) is 13.6. The van der Waals surface area contributed by atoms with Crippen molar-refractivity contribution in [3.8, 4) is 33.8 Å². The van der Waals surface area contributed by atoms with Gasteiger partial charge in [-0.15, -0.1) is 0 Å². The number of benzene rings is 3. The first-order valence-corrected chi connectivity index (χ1v) is 16.5. The third-order valence-electron chi connectivity index (χ3n) is 6.67. The summed E-state index contributed by atoms with van der Waals surface area (Å²) in [5, 5.41) is -16.7. The highest BCUT2D eigenvalue weighted by Gasteiger charge is 2.87. The molecule has 0 atom stereocenters. The molecule has 54 heavy (non-hydrogen) atoms. The van der Waals surface area contributed by atoms with Crippen molar-refractivity contribution < 1.29 is 104 Å². The van der Waals surface area contributed by atoms with E-state index in [4.69, 9.17) is 23.2 Å². The molecule has 0 bridgehead atoms. The average molecular weight is 895 g/mol. The maximum Gasteiger partial charge on any atom is 0.460 e. The molecule has 0 unspecified atom stereocenters. The van der Waals surface area contributed by atoms with Crippen molar-refractivity contribution in [3.05, 3.63) is 70.7 Å². The lowest BCUT2D eigenvalue weighted by Crippen LogP contribution is -2.63. The first kappa shape index (κ1) is 44.9. The number of hydrogen-bond acceptors (Lipinski definition) is 6. The van der Waals surface area contributed by atoms with Gasteiger partial charge in [-0.1, -0.05) is 59.6 Å². The van der Waals surface area contributed by atoms with E-state index in [1.54, 1.807) is 0 Å². The predicted octanol–water partition coefficient (Wildman–Crippen LogP) is 10.6. The molecule has 3 aromatic rings. The van der Waals surface area contributed by atoms with E-state index in [1.807, 2.05) is 0 Å². The summed E-state index contributed by atoms with van der Waals surface area (Å²) in [7, 11) is -15.8. The van der Waals surface area contributed by atoms with E-state index in [0.29, 0.717) is 12.1 Å². The molecule has 0 aliphatic carbocycles. The van der Waals surface area contributed by atoms with Gasteiger partial charge in [-0.3, -0.25) is 0 Å². The first-order valence-electron chi connectivity index (χ1n) is 12.9. The molecule has 0 aromatic heterocycles. The lowest BCUT2D eigenvalue weighted by atomic mass is 9.98. The summed E-state index contributed by atoms with van der Waals surface area (Å²) < 4.78 is 303. The standard InChI is InChI=1S/C26H10Cl2F18O6S2/c27-15-7-3-1-5-11(15)13-9-18(52-54(49,50)26(45,46)22(35,36)20(31,32)24(40,41)42)14(12-6-2-4-8-16(12)28)10-17(13)51-53(47,48)25(43,44)21(33,34)19(29,30)23(37,38)39/h1-10H. The smallest absolute Gasteiger partial charge is 0.377 e. The fourth-order valence-electron chi connectivity index (χ4n) is 3.85. The van der Waals surface area contributed by atoms with Gasteiger partial charge >= 0.3 is 66.8 Å². The van der Waals surface area contributed by atoms with Gasteiger partial charge in [0.25, 0.3) is 0 Å². The van der Waals surface area contributed by atoms with E-state index >= 15 is 0 Å². The quantitative estimate of drug-likeness (QED) is 0.133. The Hall–Kier alpha value is -3.52. The van der Waals surface area contributed by atoms with Gasteiger partial charge in [0, 0.05) is 32.3 Å². The van der Waals surface area contributed by atoms with E-state index in [9.17, 15) is 95.9 Å². The van der Waals surface area contributed by atoms with Crippen molar-refractivity contribution in [2.75, 3.05) is 0 Å². The van der Waals surface area contributed by atoms with Crippen LogP contribution in [0.2, 0.25) is 10.0 Å². The Morgan fingerprint density at radius 2 is 0.667 bits per heavy atom. The SMILES string of the molecule is O=S(=O)(Oc1cc(-c2ccccc2Cl)c(OS(=O)(=O)C(F)(F)C(F)(F)C(F)(F)C(F)(F)F)cc1-c1ccccc1Cl)C(F)(F)C(F)(F)C(F)(F)C(F)(F)F. The van der Waals surface area contributed by atoms with Gasteiger partial charge in [0.15, 0.2) is 11.5 Å². The molecule has 0 aliphatic rings. The van der Waals surface area contributed by atoms with Crippen molar-refractivity contribution in [3.63, 3.8) is 0 Å². The van der Waals surface area contributed by atoms with Crippen LogP contribution in [-0.2, 0) is 20.2 Å². The van der Waals surface area contributed by atoms with Crippen LogP contribution in [0.1, 0.15) is 0 Å². The molecular weight excluding hydrogens is 885 g/mol. The highest BCUT2D eigenvalue weighted by atomic mass is 35.5. The van der Waals surface area contributed by atoms with Crippen molar-refractivity contribution >= 4 is 43.4 Å². The molecule has 0 saturated heterocycles. The zero-order valence-corrected chi connectivity index (χ0v) is 27.7. The van der Waals surface area contributed by atoms with Crippen LogP contribution in [0.3, 0.4) is 0 Å². The van der Waals surface area contributed by atoms with Crippen LogP contribution in [0.4, 0.5) is 79.0 Å². The monoisotopic (exact) mass is 894 g/mol. The molecule has 6 nitrogen and oxygen atoms in total. The summed E-state index contributed by atoms with van der Waals surface area (Å²) in [6.45, 7) is 0. The van der Waals surface area contributed by atoms with Gasteiger partial charge in [0.05, 0.1) is 0 Å². The first-order chi connectivity index (χ1) is 23.9. The molecule has 0 N–H and O–H groups in total. The lowest BCUT2D eigenvalue weighted by Gasteiger charge is -2.33. The summed E-state index contributed by atoms with van der Waals surface area (Å²) in [6, 6.07) is 6.02. The van der Waals surface area contributed by atoms with Crippen LogP contribution in [0.15, 0.2) is 60.7 Å². The Morgan fingerprint density at radius 1 is 0.407 bits per heavy atom. The Kier molecular flexibility index (Phi) is 11.3. The van der Waals surface area contributed by atoms with Crippen molar-refractivity contribution in [2.24, 2.45) is 0 Å². The Balaban J connectivity index is 2.45. The largest absolute Gasteiger partial charge is 0.460 e. The number of rotatable bonds is 12. The molecule has 0 radical (unpaired) electrons. The molecule has 0 spiro atoms. The molecular formula is C26H10Cl2F18O6S2. The Morgan fingerprint density at radius 3 is 0.907 bits per heavy atom. The topological polar surface area (TPSA) is 86.7 Å². The second-order valence-corrected chi connectivity index (χ2v) is 14.2. The maximum absolute atomic E-state index is 14.6. The van der Waals surface area contributed by atoms with Gasteiger partial charge in [-0.25, -0.2) is 0 Å². The lowest BCUT2D eigenvalue weighted by molar-refractivity contribution is -0.382. The second-order valence-electron chi connectivity index (χ2n) is 10.2. The van der Waals surface area contributed by atoms with E-state index < -0.39 is 111 Å². The fraction of sp³-hybridized carbons (Fsp3) is 0.308. The molecule has 3 rings (SSSR count). The highest BCUT2D eigenvalue weighted by molar-refractivity contribution is 7.88. The minimum Gasteiger partial charge on any atom is -0.377 e. The molecule has 28 heteroatoms.